The molecule has 174 valence electrons. The number of methoxy groups -OCH3 is 1. The van der Waals surface area contributed by atoms with Crippen LogP contribution in [0.3, 0.4) is 0 Å². The van der Waals surface area contributed by atoms with Gasteiger partial charge in [-0.2, -0.15) is 0 Å². The van der Waals surface area contributed by atoms with Crippen LogP contribution in [-0.2, 0) is 6.54 Å². The number of aryl methyl sites for hydroxylation is 1. The van der Waals surface area contributed by atoms with Crippen LogP contribution < -0.4 is 9.64 Å². The van der Waals surface area contributed by atoms with Crippen molar-refractivity contribution < 1.29 is 9.53 Å². The van der Waals surface area contributed by atoms with E-state index in [-0.39, 0.29) is 5.91 Å². The van der Waals surface area contributed by atoms with Crippen molar-refractivity contribution >= 4 is 17.2 Å². The van der Waals surface area contributed by atoms with Gasteiger partial charge in [-0.05, 0) is 60.9 Å². The van der Waals surface area contributed by atoms with E-state index in [1.54, 1.807) is 13.4 Å². The standard InChI is InChI=1S/C28H30N4O2/c1-19-15-31(18-29-19)25-9-8-23(14-26(25)34-2)32-17-22-4-3-5-24(27(22)28(32)33)21-10-12-30(13-11-21)16-20-6-7-20/h3-5,8-10,14-15,18,20H,6-7,11-13,16-17H2,1-2H3. The number of rotatable bonds is 6. The number of hydrogen-bond donors (Lipinski definition) is 0. The molecule has 3 heterocycles. The third kappa shape index (κ3) is 3.82. The Kier molecular flexibility index (Phi) is 5.26. The van der Waals surface area contributed by atoms with Crippen LogP contribution in [0.1, 0.15) is 46.4 Å². The number of anilines is 1. The Balaban J connectivity index is 1.28. The summed E-state index contributed by atoms with van der Waals surface area (Å²) >= 11 is 0. The molecule has 0 saturated heterocycles. The first-order valence-electron chi connectivity index (χ1n) is 12.1. The molecular weight excluding hydrogens is 424 g/mol. The number of nitrogens with zero attached hydrogens (tertiary/aromatic N) is 4. The number of carbonyl (C=O) groups excluding carboxylic acids is 1. The summed E-state index contributed by atoms with van der Waals surface area (Å²) in [6.07, 6.45) is 9.85. The van der Waals surface area contributed by atoms with Crippen molar-refractivity contribution in [3.05, 3.63) is 77.4 Å². The Labute approximate surface area is 200 Å². The van der Waals surface area contributed by atoms with Gasteiger partial charge in [0.1, 0.15) is 5.75 Å². The van der Waals surface area contributed by atoms with Crippen LogP contribution in [0.4, 0.5) is 5.69 Å². The number of imidazole rings is 1. The number of benzene rings is 2. The molecule has 34 heavy (non-hydrogen) atoms. The third-order valence-corrected chi connectivity index (χ3v) is 7.26. The maximum Gasteiger partial charge on any atom is 0.259 e. The molecule has 0 radical (unpaired) electrons. The molecule has 2 aromatic carbocycles. The molecule has 0 atom stereocenters. The van der Waals surface area contributed by atoms with Crippen molar-refractivity contribution in [2.45, 2.75) is 32.7 Å². The van der Waals surface area contributed by atoms with Gasteiger partial charge < -0.3 is 14.2 Å². The van der Waals surface area contributed by atoms with Gasteiger partial charge in [-0.25, -0.2) is 4.98 Å². The molecule has 1 aliphatic carbocycles. The fourth-order valence-corrected chi connectivity index (χ4v) is 5.23. The highest BCUT2D eigenvalue weighted by Crippen LogP contribution is 2.38. The first-order valence-corrected chi connectivity index (χ1v) is 12.1. The lowest BCUT2D eigenvalue weighted by Gasteiger charge is -2.27. The SMILES string of the molecule is COc1cc(N2Cc3cccc(C4=CCN(CC5CC5)CC4)c3C2=O)ccc1-n1cnc(C)c1. The molecular formula is C28H30N4O2. The highest BCUT2D eigenvalue weighted by molar-refractivity contribution is 6.13. The summed E-state index contributed by atoms with van der Waals surface area (Å²) in [7, 11) is 1.66. The van der Waals surface area contributed by atoms with Gasteiger partial charge in [0.2, 0.25) is 0 Å². The summed E-state index contributed by atoms with van der Waals surface area (Å²) in [5, 5.41) is 0. The summed E-state index contributed by atoms with van der Waals surface area (Å²) in [6, 6.07) is 12.2. The fraction of sp³-hybridized carbons (Fsp3) is 0.357. The Morgan fingerprint density at radius 2 is 2.06 bits per heavy atom. The maximum atomic E-state index is 13.7. The first-order chi connectivity index (χ1) is 16.6. The number of carbonyl (C=O) groups is 1. The third-order valence-electron chi connectivity index (χ3n) is 7.26. The van der Waals surface area contributed by atoms with Gasteiger partial charge in [-0.15, -0.1) is 0 Å². The van der Waals surface area contributed by atoms with E-state index in [1.807, 2.05) is 40.8 Å². The number of fused-ring (bicyclic) bond motifs is 1. The van der Waals surface area contributed by atoms with Gasteiger partial charge in [0.05, 0.1) is 36.9 Å². The van der Waals surface area contributed by atoms with Crippen molar-refractivity contribution in [2.24, 2.45) is 5.92 Å². The summed E-state index contributed by atoms with van der Waals surface area (Å²) in [4.78, 5) is 22.4. The van der Waals surface area contributed by atoms with Gasteiger partial charge >= 0.3 is 0 Å². The van der Waals surface area contributed by atoms with Gasteiger partial charge in [0.15, 0.2) is 0 Å². The van der Waals surface area contributed by atoms with E-state index < -0.39 is 0 Å². The molecule has 0 spiro atoms. The molecule has 6 nitrogen and oxygen atoms in total. The Morgan fingerprint density at radius 3 is 2.76 bits per heavy atom. The molecule has 6 heteroatoms. The largest absolute Gasteiger partial charge is 0.494 e. The minimum Gasteiger partial charge on any atom is -0.494 e. The molecule has 6 rings (SSSR count). The van der Waals surface area contributed by atoms with Gasteiger partial charge in [-0.3, -0.25) is 9.69 Å². The predicted octanol–water partition coefficient (Wildman–Crippen LogP) is 4.85. The molecule has 1 fully saturated rings. The predicted molar refractivity (Wildman–Crippen MR) is 134 cm³/mol. The molecule has 0 bridgehead atoms. The first kappa shape index (κ1) is 21.2. The van der Waals surface area contributed by atoms with Crippen molar-refractivity contribution in [2.75, 3.05) is 31.6 Å². The summed E-state index contributed by atoms with van der Waals surface area (Å²) in [5.41, 5.74) is 7.06. The molecule has 3 aromatic rings. The van der Waals surface area contributed by atoms with Gasteiger partial charge in [0.25, 0.3) is 5.91 Å². The molecule has 1 aromatic heterocycles. The van der Waals surface area contributed by atoms with E-state index in [1.165, 1.54) is 25.0 Å². The molecule has 0 unspecified atom stereocenters. The summed E-state index contributed by atoms with van der Waals surface area (Å²) in [6.45, 7) is 5.83. The Bertz CT molecular complexity index is 1290. The minimum absolute atomic E-state index is 0.0696. The number of hydrogen-bond acceptors (Lipinski definition) is 4. The summed E-state index contributed by atoms with van der Waals surface area (Å²) < 4.78 is 7.63. The van der Waals surface area contributed by atoms with Crippen LogP contribution in [-0.4, -0.2) is 47.1 Å². The second kappa shape index (κ2) is 8.44. The maximum absolute atomic E-state index is 13.7. The zero-order valence-corrected chi connectivity index (χ0v) is 19.8. The van der Waals surface area contributed by atoms with Crippen LogP contribution in [0.25, 0.3) is 11.3 Å². The van der Waals surface area contributed by atoms with E-state index in [0.717, 1.165) is 59.2 Å². The Morgan fingerprint density at radius 1 is 1.18 bits per heavy atom. The van der Waals surface area contributed by atoms with Crippen LogP contribution in [0.15, 0.2) is 55.0 Å². The summed E-state index contributed by atoms with van der Waals surface area (Å²) in [5.74, 6) is 1.69. The van der Waals surface area contributed by atoms with Crippen LogP contribution >= 0.6 is 0 Å². The molecule has 1 amide bonds. The minimum atomic E-state index is 0.0696. The van der Waals surface area contributed by atoms with Crippen LogP contribution in [0.5, 0.6) is 5.75 Å². The van der Waals surface area contributed by atoms with Crippen LogP contribution in [0.2, 0.25) is 0 Å². The van der Waals surface area contributed by atoms with E-state index in [9.17, 15) is 4.79 Å². The van der Waals surface area contributed by atoms with E-state index in [2.05, 4.69) is 34.2 Å². The van der Waals surface area contributed by atoms with Crippen molar-refractivity contribution in [1.82, 2.24) is 14.5 Å². The van der Waals surface area contributed by atoms with Gasteiger partial charge in [0, 0.05) is 37.6 Å². The van der Waals surface area contributed by atoms with Gasteiger partial charge in [-0.1, -0.05) is 24.3 Å². The second-order valence-corrected chi connectivity index (χ2v) is 9.69. The molecule has 2 aliphatic heterocycles. The zero-order chi connectivity index (χ0) is 23.2. The van der Waals surface area contributed by atoms with Crippen molar-refractivity contribution in [3.63, 3.8) is 0 Å². The van der Waals surface area contributed by atoms with Crippen molar-refractivity contribution in [3.8, 4) is 11.4 Å². The molecule has 3 aliphatic rings. The fourth-order valence-electron chi connectivity index (χ4n) is 5.23. The van der Waals surface area contributed by atoms with Crippen molar-refractivity contribution in [1.29, 1.82) is 0 Å². The molecule has 1 saturated carbocycles. The van der Waals surface area contributed by atoms with E-state index in [4.69, 9.17) is 4.74 Å². The average Bonchev–Trinajstić information content (AvgIpc) is 3.47. The number of amides is 1. The monoisotopic (exact) mass is 454 g/mol. The number of aromatic nitrogens is 2. The smallest absolute Gasteiger partial charge is 0.259 e. The molecule has 0 N–H and O–H groups in total. The Hall–Kier alpha value is -3.38. The lowest BCUT2D eigenvalue weighted by Crippen LogP contribution is -2.30. The highest BCUT2D eigenvalue weighted by atomic mass is 16.5. The highest BCUT2D eigenvalue weighted by Gasteiger charge is 2.33. The second-order valence-electron chi connectivity index (χ2n) is 9.69. The number of ether oxygens (including phenoxy) is 1. The zero-order valence-electron chi connectivity index (χ0n) is 19.8. The average molecular weight is 455 g/mol. The van der Waals surface area contributed by atoms with E-state index >= 15 is 0 Å². The lowest BCUT2D eigenvalue weighted by atomic mass is 9.93. The van der Waals surface area contributed by atoms with E-state index in [0.29, 0.717) is 12.3 Å². The normalized spacial score (nSPS) is 18.2. The lowest BCUT2D eigenvalue weighted by molar-refractivity contribution is 0.0996. The topological polar surface area (TPSA) is 50.6 Å². The van der Waals surface area contributed by atoms with Crippen LogP contribution in [0, 0.1) is 12.8 Å². The quantitative estimate of drug-likeness (QED) is 0.534.